The molecule has 0 spiro atoms. The van der Waals surface area contributed by atoms with Gasteiger partial charge in [0.05, 0.1) is 17.0 Å². The second-order valence-corrected chi connectivity index (χ2v) is 9.80. The molecule has 28 heavy (non-hydrogen) atoms. The molecule has 5 rings (SSSR count). The van der Waals surface area contributed by atoms with Gasteiger partial charge in [0.25, 0.3) is 5.91 Å². The van der Waals surface area contributed by atoms with Gasteiger partial charge < -0.3 is 10.4 Å². The summed E-state index contributed by atoms with van der Waals surface area (Å²) in [7, 11) is -3.78. The highest BCUT2D eigenvalue weighted by Gasteiger charge is 2.61. The Morgan fingerprint density at radius 1 is 1.14 bits per heavy atom. The van der Waals surface area contributed by atoms with Crippen LogP contribution in [0, 0.1) is 17.8 Å². The van der Waals surface area contributed by atoms with Gasteiger partial charge in [-0.25, -0.2) is 13.4 Å². The number of sulfonamides is 1. The maximum absolute atomic E-state index is 13.3. The summed E-state index contributed by atoms with van der Waals surface area (Å²) >= 11 is 0. The lowest BCUT2D eigenvalue weighted by Crippen LogP contribution is -2.43. The first-order valence-electron chi connectivity index (χ1n) is 9.47. The molecule has 2 heterocycles. The summed E-state index contributed by atoms with van der Waals surface area (Å²) in [6, 6.07) is 10.9. The van der Waals surface area contributed by atoms with Crippen LogP contribution in [0.2, 0.25) is 0 Å². The van der Waals surface area contributed by atoms with E-state index in [-0.39, 0.29) is 28.3 Å². The Balaban J connectivity index is 1.42. The van der Waals surface area contributed by atoms with Gasteiger partial charge in [0.1, 0.15) is 5.82 Å². The van der Waals surface area contributed by atoms with E-state index < -0.39 is 22.0 Å². The fourth-order valence-electron chi connectivity index (χ4n) is 5.19. The maximum Gasteiger partial charge on any atom is 0.256 e. The summed E-state index contributed by atoms with van der Waals surface area (Å²) < 4.78 is 28.0. The summed E-state index contributed by atoms with van der Waals surface area (Å²) in [5, 5.41) is 13.2. The number of nitrogens with one attached hydrogen (secondary N) is 1. The Morgan fingerprint density at radius 2 is 2.00 bits per heavy atom. The first-order chi connectivity index (χ1) is 13.4. The molecule has 0 unspecified atom stereocenters. The number of aromatic nitrogens is 1. The van der Waals surface area contributed by atoms with Crippen LogP contribution >= 0.6 is 0 Å². The van der Waals surface area contributed by atoms with Crippen molar-refractivity contribution in [3.8, 4) is 0 Å². The van der Waals surface area contributed by atoms with Crippen molar-refractivity contribution in [3.63, 3.8) is 0 Å². The molecule has 3 fully saturated rings. The van der Waals surface area contributed by atoms with Crippen LogP contribution in [-0.4, -0.2) is 47.4 Å². The molecule has 1 amide bonds. The van der Waals surface area contributed by atoms with Crippen LogP contribution in [0.5, 0.6) is 0 Å². The molecule has 7 nitrogen and oxygen atoms in total. The number of carbonyl (C=O) groups excluding carboxylic acids is 1. The number of hydrogen-bond donors (Lipinski definition) is 2. The minimum absolute atomic E-state index is 0.0816. The monoisotopic (exact) mass is 399 g/mol. The second kappa shape index (κ2) is 6.37. The van der Waals surface area contributed by atoms with Crippen molar-refractivity contribution in [1.82, 2.24) is 9.29 Å². The zero-order chi connectivity index (χ0) is 19.5. The number of anilines is 1. The second-order valence-electron chi connectivity index (χ2n) is 7.91. The number of hydrogen-bond acceptors (Lipinski definition) is 5. The van der Waals surface area contributed by atoms with Crippen LogP contribution in [0.4, 0.5) is 5.82 Å². The third kappa shape index (κ3) is 2.67. The average Bonchev–Trinajstić information content (AvgIpc) is 3.32. The van der Waals surface area contributed by atoms with E-state index in [1.807, 2.05) is 0 Å². The summed E-state index contributed by atoms with van der Waals surface area (Å²) in [5.41, 5.74) is 0.249. The largest absolute Gasteiger partial charge is 0.391 e. The van der Waals surface area contributed by atoms with E-state index in [4.69, 9.17) is 0 Å². The van der Waals surface area contributed by atoms with Gasteiger partial charge in [-0.15, -0.1) is 0 Å². The van der Waals surface area contributed by atoms with E-state index in [9.17, 15) is 18.3 Å². The van der Waals surface area contributed by atoms with E-state index in [1.54, 1.807) is 36.5 Å². The highest BCUT2D eigenvalue weighted by atomic mass is 32.2. The first-order valence-corrected chi connectivity index (χ1v) is 10.9. The predicted octanol–water partition coefficient (Wildman–Crippen LogP) is 1.72. The highest BCUT2D eigenvalue weighted by Crippen LogP contribution is 2.56. The molecule has 8 heteroatoms. The average molecular weight is 399 g/mol. The van der Waals surface area contributed by atoms with Crippen molar-refractivity contribution in [2.75, 3.05) is 11.9 Å². The molecule has 1 aromatic carbocycles. The zero-order valence-corrected chi connectivity index (χ0v) is 15.9. The van der Waals surface area contributed by atoms with Gasteiger partial charge in [0, 0.05) is 18.3 Å². The van der Waals surface area contributed by atoms with E-state index in [0.29, 0.717) is 18.3 Å². The maximum atomic E-state index is 13.3. The van der Waals surface area contributed by atoms with E-state index in [1.165, 1.54) is 16.4 Å². The van der Waals surface area contributed by atoms with Crippen LogP contribution < -0.4 is 5.32 Å². The number of benzene rings is 1. The lowest BCUT2D eigenvalue weighted by molar-refractivity contribution is 0.0731. The number of pyridine rings is 1. The van der Waals surface area contributed by atoms with Crippen molar-refractivity contribution < 1.29 is 18.3 Å². The third-order valence-electron chi connectivity index (χ3n) is 6.41. The molecule has 5 atom stereocenters. The van der Waals surface area contributed by atoms with Crippen molar-refractivity contribution in [1.29, 1.82) is 0 Å². The third-order valence-corrected chi connectivity index (χ3v) is 8.27. The summed E-state index contributed by atoms with van der Waals surface area (Å²) in [4.78, 5) is 16.6. The minimum atomic E-state index is -3.78. The minimum Gasteiger partial charge on any atom is -0.391 e. The van der Waals surface area contributed by atoms with Gasteiger partial charge in [-0.2, -0.15) is 4.31 Å². The normalized spacial score (nSPS) is 31.2. The lowest BCUT2D eigenvalue weighted by atomic mass is 9.88. The summed E-state index contributed by atoms with van der Waals surface area (Å²) in [6.07, 6.45) is 2.79. The molecule has 1 aliphatic heterocycles. The quantitative estimate of drug-likeness (QED) is 0.816. The van der Waals surface area contributed by atoms with Gasteiger partial charge in [0.15, 0.2) is 0 Å². The first kappa shape index (κ1) is 17.8. The Kier molecular flexibility index (Phi) is 4.04. The molecule has 0 radical (unpaired) electrons. The van der Waals surface area contributed by atoms with Crippen molar-refractivity contribution in [2.24, 2.45) is 17.8 Å². The summed E-state index contributed by atoms with van der Waals surface area (Å²) in [5.74, 6) is 0.792. The molecule has 2 N–H and O–H groups in total. The molecule has 2 saturated carbocycles. The van der Waals surface area contributed by atoms with Gasteiger partial charge in [0.2, 0.25) is 10.0 Å². The van der Waals surface area contributed by atoms with Crippen LogP contribution in [0.15, 0.2) is 53.6 Å². The molecule has 2 bridgehead atoms. The Labute approximate surface area is 163 Å². The van der Waals surface area contributed by atoms with Crippen LogP contribution in [0.3, 0.4) is 0 Å². The topological polar surface area (TPSA) is 99.6 Å². The number of nitrogens with zero attached hydrogens (tertiary/aromatic N) is 2. The fraction of sp³-hybridized carbons (Fsp3) is 0.400. The molecule has 1 saturated heterocycles. The molecular weight excluding hydrogens is 378 g/mol. The van der Waals surface area contributed by atoms with E-state index in [2.05, 4.69) is 10.3 Å². The standard InChI is InChI=1S/C20H21N3O4S/c24-19-13-8-14-11-23(18(19)16(14)10-13)28(26,27)15-5-3-4-12(9-15)20(25)22-17-6-1-2-7-21-17/h1-7,9,13-14,16,18-19,24H,8,10-11H2,(H,21,22,25)/t13-,14-,16+,18-,19+/m0/s1. The molecule has 2 aliphatic carbocycles. The highest BCUT2D eigenvalue weighted by molar-refractivity contribution is 7.89. The molecule has 2 aromatic rings. The van der Waals surface area contributed by atoms with Crippen LogP contribution in [-0.2, 0) is 10.0 Å². The van der Waals surface area contributed by atoms with Crippen LogP contribution in [0.25, 0.3) is 0 Å². The number of aliphatic hydroxyl groups is 1. The van der Waals surface area contributed by atoms with Crippen molar-refractivity contribution >= 4 is 21.7 Å². The number of rotatable bonds is 4. The zero-order valence-electron chi connectivity index (χ0n) is 15.1. The lowest BCUT2D eigenvalue weighted by Gasteiger charge is -2.28. The van der Waals surface area contributed by atoms with Crippen molar-refractivity contribution in [2.45, 2.75) is 29.9 Å². The number of aliphatic hydroxyl groups excluding tert-OH is 1. The summed E-state index contributed by atoms with van der Waals surface area (Å²) in [6.45, 7) is 0.454. The van der Waals surface area contributed by atoms with E-state index >= 15 is 0 Å². The Bertz CT molecular complexity index is 1020. The number of amides is 1. The van der Waals surface area contributed by atoms with Gasteiger partial charge in [-0.05, 0) is 60.9 Å². The number of fused-ring (bicyclic) bond motifs is 1. The van der Waals surface area contributed by atoms with Crippen molar-refractivity contribution in [3.05, 3.63) is 54.2 Å². The smallest absolute Gasteiger partial charge is 0.256 e. The van der Waals surface area contributed by atoms with Gasteiger partial charge in [-0.3, -0.25) is 4.79 Å². The van der Waals surface area contributed by atoms with Gasteiger partial charge in [-0.1, -0.05) is 12.1 Å². The SMILES string of the molecule is O=C(Nc1ccccn1)c1cccc(S(=O)(=O)N2C[C@@H]3C[C@H]4C[C@H]3[C@H]2[C@@H]4O)c1. The molecule has 3 aliphatic rings. The molecule has 1 aromatic heterocycles. The predicted molar refractivity (Wildman–Crippen MR) is 102 cm³/mol. The Hall–Kier alpha value is -2.29. The van der Waals surface area contributed by atoms with E-state index in [0.717, 1.165) is 12.8 Å². The van der Waals surface area contributed by atoms with Gasteiger partial charge >= 0.3 is 0 Å². The Morgan fingerprint density at radius 3 is 2.75 bits per heavy atom. The van der Waals surface area contributed by atoms with Crippen LogP contribution in [0.1, 0.15) is 23.2 Å². The fourth-order valence-corrected chi connectivity index (χ4v) is 6.98. The number of carbonyl (C=O) groups is 1. The molecule has 146 valence electrons. The molecular formula is C20H21N3O4S.